The molecule has 1 unspecified atom stereocenters. The second-order valence-corrected chi connectivity index (χ2v) is 6.54. The van der Waals surface area contributed by atoms with Crippen molar-refractivity contribution in [3.63, 3.8) is 0 Å². The van der Waals surface area contributed by atoms with Gasteiger partial charge in [-0.2, -0.15) is 0 Å². The fraction of sp³-hybridized carbons (Fsp3) is 0.167. The van der Waals surface area contributed by atoms with E-state index in [1.807, 2.05) is 0 Å². The van der Waals surface area contributed by atoms with E-state index in [1.165, 1.54) is 30.3 Å². The number of halogens is 3. The molecule has 2 aromatic rings. The van der Waals surface area contributed by atoms with Crippen LogP contribution in [-0.2, 0) is 14.3 Å². The van der Waals surface area contributed by atoms with Crippen LogP contribution in [0.1, 0.15) is 28.3 Å². The van der Waals surface area contributed by atoms with Gasteiger partial charge in [-0.05, 0) is 35.9 Å². The number of Topliss-reactive ketones (excluding diaryl/α,β-unsaturated/α-hetero) is 1. The Labute approximate surface area is 158 Å². The second-order valence-electron chi connectivity index (χ2n) is 5.69. The molecule has 0 spiro atoms. The quantitative estimate of drug-likeness (QED) is 0.627. The molecule has 0 saturated heterocycles. The lowest BCUT2D eigenvalue weighted by molar-refractivity contribution is -0.145. The summed E-state index contributed by atoms with van der Waals surface area (Å²) in [6.07, 6.45) is -0.145. The third-order valence-electron chi connectivity index (χ3n) is 3.92. The molecule has 0 bridgehead atoms. The average molecular weight is 396 g/mol. The van der Waals surface area contributed by atoms with Gasteiger partial charge in [-0.1, -0.05) is 29.3 Å². The molecule has 0 aliphatic carbocycles. The average Bonchev–Trinajstić information content (AvgIpc) is 2.58. The molecule has 2 aromatic carbocycles. The lowest BCUT2D eigenvalue weighted by atomic mass is 9.90. The van der Waals surface area contributed by atoms with Crippen molar-refractivity contribution in [3.05, 3.63) is 63.4 Å². The van der Waals surface area contributed by atoms with Crippen LogP contribution in [0, 0.1) is 5.82 Å². The van der Waals surface area contributed by atoms with Gasteiger partial charge in [0.15, 0.2) is 6.61 Å². The molecule has 1 aliphatic heterocycles. The molecule has 0 aromatic heterocycles. The fourth-order valence-electron chi connectivity index (χ4n) is 2.68. The Morgan fingerprint density at radius 2 is 1.96 bits per heavy atom. The van der Waals surface area contributed by atoms with Crippen molar-refractivity contribution in [2.45, 2.75) is 12.3 Å². The van der Waals surface area contributed by atoms with E-state index in [0.29, 0.717) is 10.6 Å². The maximum absolute atomic E-state index is 13.3. The molecule has 1 heterocycles. The zero-order valence-electron chi connectivity index (χ0n) is 13.2. The van der Waals surface area contributed by atoms with Gasteiger partial charge in [0.1, 0.15) is 5.82 Å². The molecule has 0 fully saturated rings. The van der Waals surface area contributed by atoms with Crippen LogP contribution in [0.3, 0.4) is 0 Å². The van der Waals surface area contributed by atoms with Crippen LogP contribution >= 0.6 is 23.2 Å². The van der Waals surface area contributed by atoms with E-state index >= 15 is 0 Å². The molecule has 1 atom stereocenters. The van der Waals surface area contributed by atoms with E-state index in [4.69, 9.17) is 27.9 Å². The van der Waals surface area contributed by atoms with Gasteiger partial charge in [-0.3, -0.25) is 14.4 Å². The number of ether oxygens (including phenoxy) is 1. The van der Waals surface area contributed by atoms with Crippen LogP contribution in [0.5, 0.6) is 0 Å². The van der Waals surface area contributed by atoms with E-state index in [0.717, 1.165) is 6.07 Å². The molecule has 8 heteroatoms. The summed E-state index contributed by atoms with van der Waals surface area (Å²) in [7, 11) is 0. The molecule has 26 heavy (non-hydrogen) atoms. The predicted molar refractivity (Wildman–Crippen MR) is 94.1 cm³/mol. The van der Waals surface area contributed by atoms with Crippen LogP contribution in [-0.4, -0.2) is 24.3 Å². The van der Waals surface area contributed by atoms with E-state index in [2.05, 4.69) is 5.32 Å². The number of esters is 1. The van der Waals surface area contributed by atoms with Crippen molar-refractivity contribution < 1.29 is 23.5 Å². The minimum absolute atomic E-state index is 0.145. The zero-order valence-corrected chi connectivity index (χ0v) is 14.7. The van der Waals surface area contributed by atoms with Gasteiger partial charge in [-0.15, -0.1) is 0 Å². The maximum Gasteiger partial charge on any atom is 0.314 e. The van der Waals surface area contributed by atoms with Crippen molar-refractivity contribution in [1.82, 2.24) is 0 Å². The number of amides is 1. The van der Waals surface area contributed by atoms with E-state index in [9.17, 15) is 18.8 Å². The predicted octanol–water partition coefficient (Wildman–Crippen LogP) is 3.98. The van der Waals surface area contributed by atoms with E-state index in [1.54, 1.807) is 0 Å². The summed E-state index contributed by atoms with van der Waals surface area (Å²) < 4.78 is 18.4. The van der Waals surface area contributed by atoms with E-state index < -0.39 is 36.0 Å². The van der Waals surface area contributed by atoms with Gasteiger partial charge in [0, 0.05) is 22.7 Å². The Hall–Kier alpha value is -2.44. The minimum atomic E-state index is -0.909. The standard InChI is InChI=1S/C18H12Cl2FNO4/c19-9-1-3-12(14(20)5-9)16(23)8-26-18(25)13-7-17(24)22-15-6-10(21)2-4-11(13)15/h1-6,13H,7-8H2,(H,22,24). The van der Waals surface area contributed by atoms with Crippen LogP contribution in [0.4, 0.5) is 10.1 Å². The molecule has 0 radical (unpaired) electrons. The third-order valence-corrected chi connectivity index (χ3v) is 4.46. The first-order valence-corrected chi connectivity index (χ1v) is 8.35. The van der Waals surface area contributed by atoms with Crippen molar-refractivity contribution in [1.29, 1.82) is 0 Å². The molecule has 5 nitrogen and oxygen atoms in total. The van der Waals surface area contributed by atoms with Crippen LogP contribution in [0.25, 0.3) is 0 Å². The SMILES string of the molecule is O=C1CC(C(=O)OCC(=O)c2ccc(Cl)cc2Cl)c2ccc(F)cc2N1. The van der Waals surface area contributed by atoms with Gasteiger partial charge >= 0.3 is 5.97 Å². The first-order valence-electron chi connectivity index (χ1n) is 7.59. The van der Waals surface area contributed by atoms with Crippen molar-refractivity contribution >= 4 is 46.5 Å². The Morgan fingerprint density at radius 3 is 2.69 bits per heavy atom. The van der Waals surface area contributed by atoms with Crippen LogP contribution in [0.2, 0.25) is 10.0 Å². The Bertz CT molecular complexity index is 916. The number of rotatable bonds is 4. The highest BCUT2D eigenvalue weighted by molar-refractivity contribution is 6.36. The Morgan fingerprint density at radius 1 is 1.19 bits per heavy atom. The highest BCUT2D eigenvalue weighted by Gasteiger charge is 2.32. The van der Waals surface area contributed by atoms with E-state index in [-0.39, 0.29) is 22.7 Å². The summed E-state index contributed by atoms with van der Waals surface area (Å²) in [4.78, 5) is 36.3. The normalized spacial score (nSPS) is 15.8. The Balaban J connectivity index is 1.72. The van der Waals surface area contributed by atoms with Gasteiger partial charge in [0.05, 0.1) is 10.9 Å². The zero-order chi connectivity index (χ0) is 18.8. The van der Waals surface area contributed by atoms with Crippen LogP contribution in [0.15, 0.2) is 36.4 Å². The van der Waals surface area contributed by atoms with Gasteiger partial charge in [-0.25, -0.2) is 4.39 Å². The molecule has 0 saturated carbocycles. The molecule has 134 valence electrons. The molecule has 1 amide bonds. The Kier molecular flexibility index (Phi) is 5.25. The smallest absolute Gasteiger partial charge is 0.314 e. The monoisotopic (exact) mass is 395 g/mol. The number of nitrogens with one attached hydrogen (secondary N) is 1. The first kappa shape index (κ1) is 18.4. The summed E-state index contributed by atoms with van der Waals surface area (Å²) >= 11 is 11.7. The summed E-state index contributed by atoms with van der Waals surface area (Å²) in [6, 6.07) is 8.08. The van der Waals surface area contributed by atoms with Crippen molar-refractivity contribution in [2.24, 2.45) is 0 Å². The number of ketones is 1. The number of carbonyl (C=O) groups is 3. The number of hydrogen-bond donors (Lipinski definition) is 1. The minimum Gasteiger partial charge on any atom is -0.457 e. The summed E-state index contributed by atoms with van der Waals surface area (Å²) in [5, 5.41) is 3.03. The maximum atomic E-state index is 13.3. The van der Waals surface area contributed by atoms with Gasteiger partial charge in [0.2, 0.25) is 11.7 Å². The van der Waals surface area contributed by atoms with Crippen LogP contribution < -0.4 is 5.32 Å². The third kappa shape index (κ3) is 3.86. The number of fused-ring (bicyclic) bond motifs is 1. The van der Waals surface area contributed by atoms with Gasteiger partial charge in [0.25, 0.3) is 0 Å². The van der Waals surface area contributed by atoms with Crippen molar-refractivity contribution in [3.8, 4) is 0 Å². The molecule has 1 N–H and O–H groups in total. The number of anilines is 1. The topological polar surface area (TPSA) is 72.5 Å². The summed E-state index contributed by atoms with van der Waals surface area (Å²) in [6.45, 7) is -0.533. The second kappa shape index (κ2) is 7.43. The highest BCUT2D eigenvalue weighted by Crippen LogP contribution is 2.33. The summed E-state index contributed by atoms with van der Waals surface area (Å²) in [5.41, 5.74) is 0.830. The number of hydrogen-bond acceptors (Lipinski definition) is 4. The first-order chi connectivity index (χ1) is 12.3. The summed E-state index contributed by atoms with van der Waals surface area (Å²) in [5.74, 6) is -3.12. The highest BCUT2D eigenvalue weighted by atomic mass is 35.5. The molecule has 1 aliphatic rings. The number of benzene rings is 2. The fourth-order valence-corrected chi connectivity index (χ4v) is 3.19. The van der Waals surface area contributed by atoms with Crippen molar-refractivity contribution in [2.75, 3.05) is 11.9 Å². The lowest BCUT2D eigenvalue weighted by Crippen LogP contribution is -2.29. The lowest BCUT2D eigenvalue weighted by Gasteiger charge is -2.24. The molecular formula is C18H12Cl2FNO4. The largest absolute Gasteiger partial charge is 0.457 e. The molecular weight excluding hydrogens is 384 g/mol. The van der Waals surface area contributed by atoms with Gasteiger partial charge < -0.3 is 10.1 Å². The molecule has 3 rings (SSSR count). The number of carbonyl (C=O) groups excluding carboxylic acids is 3.